The number of hydrogen-bond acceptors (Lipinski definition) is 2. The molecular formula is C25H26N2O. The molecule has 0 bridgehead atoms. The number of hydrogen-bond donors (Lipinski definition) is 1. The average Bonchev–Trinajstić information content (AvgIpc) is 2.75. The van der Waals surface area contributed by atoms with Gasteiger partial charge in [-0.25, -0.2) is 0 Å². The zero-order valence-electron chi connectivity index (χ0n) is 16.3. The molecule has 0 aromatic heterocycles. The molecule has 0 aliphatic carbocycles. The molecule has 0 unspecified atom stereocenters. The first-order valence-corrected chi connectivity index (χ1v) is 10.0. The van der Waals surface area contributed by atoms with Crippen molar-refractivity contribution < 1.29 is 4.79 Å². The Morgan fingerprint density at radius 2 is 1.64 bits per heavy atom. The molecule has 3 nitrogen and oxygen atoms in total. The van der Waals surface area contributed by atoms with Gasteiger partial charge in [0.05, 0.1) is 0 Å². The second-order valence-corrected chi connectivity index (χ2v) is 7.36. The Morgan fingerprint density at radius 1 is 0.929 bits per heavy atom. The number of carbonyl (C=O) groups excluding carboxylic acids is 1. The first kappa shape index (κ1) is 18.3. The number of para-hydroxylation sites is 1. The van der Waals surface area contributed by atoms with E-state index in [2.05, 4.69) is 65.7 Å². The Balaban J connectivity index is 1.42. The lowest BCUT2D eigenvalue weighted by atomic mass is 10.0. The van der Waals surface area contributed by atoms with E-state index in [0.29, 0.717) is 5.56 Å². The van der Waals surface area contributed by atoms with Gasteiger partial charge in [0.1, 0.15) is 0 Å². The summed E-state index contributed by atoms with van der Waals surface area (Å²) in [4.78, 5) is 14.9. The molecule has 4 rings (SSSR count). The molecule has 0 saturated heterocycles. The number of fused-ring (bicyclic) bond motifs is 1. The SMILES string of the molecule is CCc1ccc(NC(=O)c2ccc(CN3CCCc4ccccc43)cc2)cc1. The Kier molecular flexibility index (Phi) is 5.43. The molecule has 1 N–H and O–H groups in total. The summed E-state index contributed by atoms with van der Waals surface area (Å²) in [5.74, 6) is -0.0703. The van der Waals surface area contributed by atoms with Crippen molar-refractivity contribution in [2.75, 3.05) is 16.8 Å². The lowest BCUT2D eigenvalue weighted by Gasteiger charge is -2.31. The predicted molar refractivity (Wildman–Crippen MR) is 116 cm³/mol. The van der Waals surface area contributed by atoms with Crippen LogP contribution in [0.4, 0.5) is 11.4 Å². The fraction of sp³-hybridized carbons (Fsp3) is 0.240. The normalized spacial score (nSPS) is 13.1. The van der Waals surface area contributed by atoms with Crippen molar-refractivity contribution in [2.24, 2.45) is 0 Å². The third kappa shape index (κ3) is 4.09. The molecule has 1 heterocycles. The van der Waals surface area contributed by atoms with Gasteiger partial charge in [-0.15, -0.1) is 0 Å². The molecule has 1 amide bonds. The highest BCUT2D eigenvalue weighted by molar-refractivity contribution is 6.04. The molecule has 1 aliphatic heterocycles. The molecule has 3 aromatic rings. The average molecular weight is 370 g/mol. The topological polar surface area (TPSA) is 32.3 Å². The molecule has 142 valence electrons. The molecule has 28 heavy (non-hydrogen) atoms. The van der Waals surface area contributed by atoms with E-state index in [0.717, 1.165) is 31.6 Å². The maximum absolute atomic E-state index is 12.5. The summed E-state index contributed by atoms with van der Waals surface area (Å²) in [6.45, 7) is 4.07. The van der Waals surface area contributed by atoms with Crippen LogP contribution >= 0.6 is 0 Å². The largest absolute Gasteiger partial charge is 0.367 e. The molecular weight excluding hydrogens is 344 g/mol. The van der Waals surface area contributed by atoms with Crippen LogP contribution in [0.5, 0.6) is 0 Å². The number of amides is 1. The fourth-order valence-corrected chi connectivity index (χ4v) is 3.78. The molecule has 3 aromatic carbocycles. The van der Waals surface area contributed by atoms with E-state index in [-0.39, 0.29) is 5.91 Å². The molecule has 3 heteroatoms. The van der Waals surface area contributed by atoms with Crippen LogP contribution in [0.1, 0.15) is 40.4 Å². The quantitative estimate of drug-likeness (QED) is 0.647. The van der Waals surface area contributed by atoms with Gasteiger partial charge in [-0.3, -0.25) is 4.79 Å². The van der Waals surface area contributed by atoms with E-state index in [1.54, 1.807) is 0 Å². The van der Waals surface area contributed by atoms with Gasteiger partial charge < -0.3 is 10.2 Å². The van der Waals surface area contributed by atoms with Gasteiger partial charge in [0.2, 0.25) is 0 Å². The van der Waals surface area contributed by atoms with Crippen LogP contribution in [0.3, 0.4) is 0 Å². The minimum atomic E-state index is -0.0703. The van der Waals surface area contributed by atoms with Crippen molar-refractivity contribution in [3.8, 4) is 0 Å². The van der Waals surface area contributed by atoms with E-state index in [1.165, 1.54) is 28.8 Å². The number of nitrogens with one attached hydrogen (secondary N) is 1. The lowest BCUT2D eigenvalue weighted by molar-refractivity contribution is 0.102. The summed E-state index contributed by atoms with van der Waals surface area (Å²) < 4.78 is 0. The smallest absolute Gasteiger partial charge is 0.255 e. The van der Waals surface area contributed by atoms with Crippen molar-refractivity contribution in [3.05, 3.63) is 95.1 Å². The van der Waals surface area contributed by atoms with Crippen molar-refractivity contribution in [3.63, 3.8) is 0 Å². The minimum absolute atomic E-state index is 0.0703. The monoisotopic (exact) mass is 370 g/mol. The van der Waals surface area contributed by atoms with Crippen LogP contribution in [0, 0.1) is 0 Å². The zero-order valence-corrected chi connectivity index (χ0v) is 16.3. The van der Waals surface area contributed by atoms with Gasteiger partial charge in [-0.2, -0.15) is 0 Å². The van der Waals surface area contributed by atoms with Crippen molar-refractivity contribution in [1.82, 2.24) is 0 Å². The third-order valence-electron chi connectivity index (χ3n) is 5.42. The lowest BCUT2D eigenvalue weighted by Crippen LogP contribution is -2.28. The second kappa shape index (κ2) is 8.30. The summed E-state index contributed by atoms with van der Waals surface area (Å²) in [7, 11) is 0. The highest BCUT2D eigenvalue weighted by atomic mass is 16.1. The van der Waals surface area contributed by atoms with Crippen LogP contribution in [0.15, 0.2) is 72.8 Å². The third-order valence-corrected chi connectivity index (χ3v) is 5.42. The maximum Gasteiger partial charge on any atom is 0.255 e. The van der Waals surface area contributed by atoms with Gasteiger partial charge in [-0.05, 0) is 66.3 Å². The van der Waals surface area contributed by atoms with E-state index in [9.17, 15) is 4.79 Å². The van der Waals surface area contributed by atoms with Gasteiger partial charge >= 0.3 is 0 Å². The summed E-state index contributed by atoms with van der Waals surface area (Å²) >= 11 is 0. The summed E-state index contributed by atoms with van der Waals surface area (Å²) in [6.07, 6.45) is 3.34. The Morgan fingerprint density at radius 3 is 2.39 bits per heavy atom. The summed E-state index contributed by atoms with van der Waals surface area (Å²) in [5.41, 5.74) is 6.77. The Bertz CT molecular complexity index is 945. The zero-order chi connectivity index (χ0) is 19.3. The van der Waals surface area contributed by atoms with E-state index >= 15 is 0 Å². The predicted octanol–water partition coefficient (Wildman–Crippen LogP) is 5.45. The highest BCUT2D eigenvalue weighted by Crippen LogP contribution is 2.28. The number of aryl methyl sites for hydroxylation is 2. The summed E-state index contributed by atoms with van der Waals surface area (Å²) in [6, 6.07) is 24.6. The Hall–Kier alpha value is -3.07. The van der Waals surface area contributed by atoms with Gasteiger partial charge in [0, 0.05) is 30.0 Å². The Labute approximate surface area is 167 Å². The van der Waals surface area contributed by atoms with Crippen molar-refractivity contribution in [1.29, 1.82) is 0 Å². The van der Waals surface area contributed by atoms with Crippen LogP contribution in [-0.2, 0) is 19.4 Å². The fourth-order valence-electron chi connectivity index (χ4n) is 3.78. The van der Waals surface area contributed by atoms with Crippen LogP contribution in [0.25, 0.3) is 0 Å². The molecule has 1 aliphatic rings. The van der Waals surface area contributed by atoms with Gasteiger partial charge in [0.25, 0.3) is 5.91 Å². The van der Waals surface area contributed by atoms with Crippen molar-refractivity contribution >= 4 is 17.3 Å². The molecule has 0 radical (unpaired) electrons. The first-order chi connectivity index (χ1) is 13.7. The maximum atomic E-state index is 12.5. The van der Waals surface area contributed by atoms with Crippen molar-refractivity contribution in [2.45, 2.75) is 32.7 Å². The molecule has 0 spiro atoms. The van der Waals surface area contributed by atoms with E-state index < -0.39 is 0 Å². The van der Waals surface area contributed by atoms with E-state index in [4.69, 9.17) is 0 Å². The number of benzene rings is 3. The number of carbonyl (C=O) groups is 1. The minimum Gasteiger partial charge on any atom is -0.367 e. The van der Waals surface area contributed by atoms with Crippen LogP contribution < -0.4 is 10.2 Å². The van der Waals surface area contributed by atoms with Gasteiger partial charge in [-0.1, -0.05) is 49.4 Å². The number of nitrogens with zero attached hydrogens (tertiary/aromatic N) is 1. The van der Waals surface area contributed by atoms with Gasteiger partial charge in [0.15, 0.2) is 0 Å². The summed E-state index contributed by atoms with van der Waals surface area (Å²) in [5, 5.41) is 2.97. The van der Waals surface area contributed by atoms with Crippen LogP contribution in [-0.4, -0.2) is 12.5 Å². The number of anilines is 2. The number of rotatable bonds is 5. The molecule has 0 fully saturated rings. The van der Waals surface area contributed by atoms with Crippen LogP contribution in [0.2, 0.25) is 0 Å². The standard InChI is InChI=1S/C25H26N2O/c1-2-19-11-15-23(16-12-19)26-25(28)22-13-9-20(10-14-22)18-27-17-5-7-21-6-3-4-8-24(21)27/h3-4,6,8-16H,2,5,7,17-18H2,1H3,(H,26,28). The molecule has 0 atom stereocenters. The molecule has 0 saturated carbocycles. The first-order valence-electron chi connectivity index (χ1n) is 10.0. The second-order valence-electron chi connectivity index (χ2n) is 7.36. The van der Waals surface area contributed by atoms with E-state index in [1.807, 2.05) is 24.3 Å². The highest BCUT2D eigenvalue weighted by Gasteiger charge is 2.16.